The Morgan fingerprint density at radius 1 is 1.03 bits per heavy atom. The molecule has 1 amide bonds. The number of amides is 1. The van der Waals surface area contributed by atoms with Gasteiger partial charge in [-0.1, -0.05) is 26.0 Å². The minimum absolute atomic E-state index is 0.0175. The van der Waals surface area contributed by atoms with Crippen molar-refractivity contribution in [1.82, 2.24) is 0 Å². The van der Waals surface area contributed by atoms with Crippen LogP contribution in [-0.4, -0.2) is 23.7 Å². The molecule has 160 valence electrons. The quantitative estimate of drug-likeness (QED) is 0.525. The van der Waals surface area contributed by atoms with Crippen LogP contribution in [0.15, 0.2) is 59.8 Å². The van der Waals surface area contributed by atoms with Gasteiger partial charge < -0.3 is 4.74 Å². The molecule has 1 aliphatic heterocycles. The molecule has 2 aliphatic rings. The third-order valence-electron chi connectivity index (χ3n) is 5.98. The molecule has 7 heteroatoms. The lowest BCUT2D eigenvalue weighted by molar-refractivity contribution is -0.384. The molecule has 0 bridgehead atoms. The second kappa shape index (κ2) is 7.65. The first-order valence-corrected chi connectivity index (χ1v) is 10.2. The van der Waals surface area contributed by atoms with Crippen LogP contribution in [0.2, 0.25) is 0 Å². The van der Waals surface area contributed by atoms with E-state index in [2.05, 4.69) is 0 Å². The molecular weight excluding hydrogens is 396 g/mol. The van der Waals surface area contributed by atoms with E-state index < -0.39 is 10.8 Å². The monoisotopic (exact) mass is 420 g/mol. The predicted molar refractivity (Wildman–Crippen MR) is 116 cm³/mol. The highest BCUT2D eigenvalue weighted by Gasteiger charge is 2.44. The Kier molecular flexibility index (Phi) is 5.13. The van der Waals surface area contributed by atoms with E-state index in [0.29, 0.717) is 29.9 Å². The fourth-order valence-electron chi connectivity index (χ4n) is 4.56. The summed E-state index contributed by atoms with van der Waals surface area (Å²) in [6, 6.07) is 13.4. The summed E-state index contributed by atoms with van der Waals surface area (Å²) in [7, 11) is 1.58. The van der Waals surface area contributed by atoms with Crippen LogP contribution in [0, 0.1) is 15.5 Å². The number of Topliss-reactive ketones (excluding diaryl/α,β-unsaturated/α-hetero) is 1. The van der Waals surface area contributed by atoms with E-state index in [9.17, 15) is 19.7 Å². The molecule has 1 aliphatic carbocycles. The van der Waals surface area contributed by atoms with Crippen molar-refractivity contribution >= 4 is 23.1 Å². The number of ether oxygens (including phenoxy) is 1. The summed E-state index contributed by atoms with van der Waals surface area (Å²) >= 11 is 0. The van der Waals surface area contributed by atoms with E-state index in [-0.39, 0.29) is 29.2 Å². The first-order valence-electron chi connectivity index (χ1n) is 10.2. The van der Waals surface area contributed by atoms with Gasteiger partial charge in [0.15, 0.2) is 5.78 Å². The largest absolute Gasteiger partial charge is 0.497 e. The Morgan fingerprint density at radius 3 is 2.26 bits per heavy atom. The number of hydrogen-bond acceptors (Lipinski definition) is 5. The molecule has 4 rings (SSSR count). The standard InChI is InChI=1S/C24H24N2O5/c1-24(2)13-20-23(21(27)14-24)19(15-4-6-17(7-5-15)26(29)30)12-22(28)25(20)16-8-10-18(31-3)11-9-16/h4-11,19H,12-14H2,1-3H3/t19-/m1/s1. The molecule has 2 aromatic carbocycles. The van der Waals surface area contributed by atoms with Gasteiger partial charge in [-0.15, -0.1) is 0 Å². The van der Waals surface area contributed by atoms with Crippen LogP contribution in [0.5, 0.6) is 5.75 Å². The zero-order valence-electron chi connectivity index (χ0n) is 17.8. The van der Waals surface area contributed by atoms with E-state index in [1.54, 1.807) is 36.3 Å². The molecular formula is C24H24N2O5. The zero-order chi connectivity index (χ0) is 22.3. The number of hydrogen-bond donors (Lipinski definition) is 0. The van der Waals surface area contributed by atoms with Crippen molar-refractivity contribution in [1.29, 1.82) is 0 Å². The van der Waals surface area contributed by atoms with Crippen LogP contribution >= 0.6 is 0 Å². The number of nitro groups is 1. The number of allylic oxidation sites excluding steroid dienone is 2. The normalized spacial score (nSPS) is 20.5. The fraction of sp³-hybridized carbons (Fsp3) is 0.333. The van der Waals surface area contributed by atoms with Gasteiger partial charge >= 0.3 is 0 Å². The molecule has 1 atom stereocenters. The summed E-state index contributed by atoms with van der Waals surface area (Å²) in [5.41, 5.74) is 2.53. The minimum Gasteiger partial charge on any atom is -0.497 e. The highest BCUT2D eigenvalue weighted by atomic mass is 16.6. The van der Waals surface area contributed by atoms with Crippen LogP contribution in [-0.2, 0) is 9.59 Å². The van der Waals surface area contributed by atoms with E-state index in [4.69, 9.17) is 4.74 Å². The van der Waals surface area contributed by atoms with E-state index in [1.165, 1.54) is 12.1 Å². The van der Waals surface area contributed by atoms with Crippen LogP contribution in [0.25, 0.3) is 0 Å². The number of ketones is 1. The molecule has 0 saturated heterocycles. The van der Waals surface area contributed by atoms with Crippen LogP contribution in [0.4, 0.5) is 11.4 Å². The summed E-state index contributed by atoms with van der Waals surface area (Å²) in [5.74, 6) is 0.214. The van der Waals surface area contributed by atoms with Crippen molar-refractivity contribution in [3.8, 4) is 5.75 Å². The fourth-order valence-corrected chi connectivity index (χ4v) is 4.56. The molecule has 0 spiro atoms. The average Bonchev–Trinajstić information content (AvgIpc) is 2.72. The lowest BCUT2D eigenvalue weighted by Crippen LogP contribution is -2.43. The van der Waals surface area contributed by atoms with Crippen molar-refractivity contribution in [3.63, 3.8) is 0 Å². The first-order chi connectivity index (χ1) is 14.7. The highest BCUT2D eigenvalue weighted by molar-refractivity contribution is 6.07. The Morgan fingerprint density at radius 2 is 1.68 bits per heavy atom. The summed E-state index contributed by atoms with van der Waals surface area (Å²) in [5, 5.41) is 11.0. The number of methoxy groups -OCH3 is 1. The van der Waals surface area contributed by atoms with Gasteiger partial charge in [-0.05, 0) is 41.7 Å². The number of nitrogens with zero attached hydrogens (tertiary/aromatic N) is 2. The summed E-state index contributed by atoms with van der Waals surface area (Å²) in [4.78, 5) is 38.8. The Bertz CT molecular complexity index is 1080. The van der Waals surface area contributed by atoms with Crippen molar-refractivity contribution in [2.45, 2.75) is 39.0 Å². The molecule has 0 aromatic heterocycles. The van der Waals surface area contributed by atoms with Crippen LogP contribution in [0.1, 0.15) is 44.6 Å². The maximum atomic E-state index is 13.3. The molecule has 0 N–H and O–H groups in total. The molecule has 0 fully saturated rings. The number of anilines is 1. The third kappa shape index (κ3) is 3.83. The molecule has 7 nitrogen and oxygen atoms in total. The van der Waals surface area contributed by atoms with E-state index in [0.717, 1.165) is 11.3 Å². The van der Waals surface area contributed by atoms with Crippen molar-refractivity contribution in [2.24, 2.45) is 5.41 Å². The van der Waals surface area contributed by atoms with Gasteiger partial charge in [0, 0.05) is 47.8 Å². The van der Waals surface area contributed by atoms with Gasteiger partial charge in [-0.25, -0.2) is 0 Å². The van der Waals surface area contributed by atoms with Gasteiger partial charge in [0.05, 0.1) is 12.0 Å². The van der Waals surface area contributed by atoms with E-state index >= 15 is 0 Å². The summed E-state index contributed by atoms with van der Waals surface area (Å²) < 4.78 is 5.22. The zero-order valence-corrected chi connectivity index (χ0v) is 17.8. The molecule has 0 radical (unpaired) electrons. The lowest BCUT2D eigenvalue weighted by atomic mass is 9.69. The summed E-state index contributed by atoms with van der Waals surface area (Å²) in [6.45, 7) is 4.06. The van der Waals surface area contributed by atoms with Crippen LogP contribution in [0.3, 0.4) is 0 Å². The lowest BCUT2D eigenvalue weighted by Gasteiger charge is -2.43. The SMILES string of the molecule is COc1ccc(N2C(=O)C[C@H](c3ccc([N+](=O)[O-])cc3)C3=C2CC(C)(C)CC3=O)cc1. The second-order valence-corrected chi connectivity index (χ2v) is 8.83. The molecule has 31 heavy (non-hydrogen) atoms. The smallest absolute Gasteiger partial charge is 0.269 e. The first kappa shape index (κ1) is 20.8. The maximum Gasteiger partial charge on any atom is 0.269 e. The summed E-state index contributed by atoms with van der Waals surface area (Å²) in [6.07, 6.45) is 1.13. The second-order valence-electron chi connectivity index (χ2n) is 8.83. The minimum atomic E-state index is -0.458. The van der Waals surface area contributed by atoms with Crippen molar-refractivity contribution < 1.29 is 19.2 Å². The Hall–Kier alpha value is -3.48. The molecule has 0 unspecified atom stereocenters. The predicted octanol–water partition coefficient (Wildman–Crippen LogP) is 4.77. The number of benzene rings is 2. The van der Waals surface area contributed by atoms with Gasteiger partial charge in [-0.2, -0.15) is 0 Å². The number of carbonyl (C=O) groups excluding carboxylic acids is 2. The molecule has 0 saturated carbocycles. The average molecular weight is 420 g/mol. The van der Waals surface area contributed by atoms with Gasteiger partial charge in [0.1, 0.15) is 5.75 Å². The topological polar surface area (TPSA) is 89.8 Å². The maximum absolute atomic E-state index is 13.3. The number of nitro benzene ring substituents is 1. The Labute approximate surface area is 180 Å². The van der Waals surface area contributed by atoms with Crippen molar-refractivity contribution in [2.75, 3.05) is 12.0 Å². The highest BCUT2D eigenvalue weighted by Crippen LogP contribution is 2.48. The van der Waals surface area contributed by atoms with Crippen molar-refractivity contribution in [3.05, 3.63) is 75.5 Å². The third-order valence-corrected chi connectivity index (χ3v) is 5.98. The van der Waals surface area contributed by atoms with Gasteiger partial charge in [-0.3, -0.25) is 24.6 Å². The Balaban J connectivity index is 1.83. The molecule has 2 aromatic rings. The van der Waals surface area contributed by atoms with Gasteiger partial charge in [0.2, 0.25) is 5.91 Å². The van der Waals surface area contributed by atoms with E-state index in [1.807, 2.05) is 26.0 Å². The number of non-ortho nitro benzene ring substituents is 1. The molecule has 1 heterocycles. The number of carbonyl (C=O) groups is 2. The number of rotatable bonds is 4. The van der Waals surface area contributed by atoms with Crippen LogP contribution < -0.4 is 9.64 Å². The van der Waals surface area contributed by atoms with Gasteiger partial charge in [0.25, 0.3) is 5.69 Å².